The lowest BCUT2D eigenvalue weighted by Gasteiger charge is -2.14. The predicted molar refractivity (Wildman–Crippen MR) is 109 cm³/mol. The number of furan rings is 1. The van der Waals surface area contributed by atoms with Crippen LogP contribution in [0.5, 0.6) is 5.75 Å². The predicted octanol–water partition coefficient (Wildman–Crippen LogP) is 4.47. The Kier molecular flexibility index (Phi) is 5.29. The molecule has 30 heavy (non-hydrogen) atoms. The van der Waals surface area contributed by atoms with Crippen LogP contribution in [-0.2, 0) is 16.1 Å². The van der Waals surface area contributed by atoms with Crippen LogP contribution in [0.4, 0.5) is 10.1 Å². The van der Waals surface area contributed by atoms with E-state index in [9.17, 15) is 14.0 Å². The number of hydrogen-bond acceptors (Lipinski definition) is 5. The molecule has 2 amide bonds. The molecule has 0 radical (unpaired) electrons. The van der Waals surface area contributed by atoms with Gasteiger partial charge in [0.25, 0.3) is 11.8 Å². The second-order valence-electron chi connectivity index (χ2n) is 6.51. The molecule has 1 aliphatic rings. The molecule has 0 unspecified atom stereocenters. The zero-order valence-electron chi connectivity index (χ0n) is 15.8. The summed E-state index contributed by atoms with van der Waals surface area (Å²) in [6.07, 6.45) is 1.47. The van der Waals surface area contributed by atoms with E-state index in [-0.39, 0.29) is 17.8 Å². The van der Waals surface area contributed by atoms with Crippen molar-refractivity contribution in [2.45, 2.75) is 6.54 Å². The minimum absolute atomic E-state index is 0.0239. The molecule has 6 nitrogen and oxygen atoms in total. The molecule has 0 bridgehead atoms. The van der Waals surface area contributed by atoms with Crippen LogP contribution in [0.1, 0.15) is 11.3 Å². The Labute approximate surface area is 176 Å². The smallest absolute Gasteiger partial charge is 0.278 e. The van der Waals surface area contributed by atoms with E-state index in [0.717, 1.165) is 4.90 Å². The first-order valence-corrected chi connectivity index (χ1v) is 9.35. The molecule has 0 spiro atoms. The maximum Gasteiger partial charge on any atom is 0.278 e. The Balaban J connectivity index is 1.74. The normalized spacial score (nSPS) is 13.9. The van der Waals surface area contributed by atoms with Crippen LogP contribution >= 0.6 is 11.6 Å². The largest absolute Gasteiger partial charge is 0.495 e. The van der Waals surface area contributed by atoms with Gasteiger partial charge in [-0.25, -0.2) is 4.39 Å². The Morgan fingerprint density at radius 2 is 1.87 bits per heavy atom. The molecule has 4 rings (SSSR count). The van der Waals surface area contributed by atoms with Crippen LogP contribution in [-0.4, -0.2) is 23.8 Å². The van der Waals surface area contributed by atoms with Crippen molar-refractivity contribution in [3.05, 3.63) is 88.7 Å². The number of imide groups is 1. The van der Waals surface area contributed by atoms with Gasteiger partial charge in [-0.3, -0.25) is 14.5 Å². The van der Waals surface area contributed by atoms with E-state index < -0.39 is 17.6 Å². The molecule has 0 aliphatic carbocycles. The number of rotatable bonds is 6. The van der Waals surface area contributed by atoms with E-state index in [0.29, 0.717) is 27.8 Å². The minimum atomic E-state index is -0.525. The van der Waals surface area contributed by atoms with Crippen molar-refractivity contribution in [3.8, 4) is 5.75 Å². The summed E-state index contributed by atoms with van der Waals surface area (Å²) >= 11 is 6.18. The van der Waals surface area contributed by atoms with Gasteiger partial charge >= 0.3 is 0 Å². The number of benzene rings is 2. The number of methoxy groups -OCH3 is 1. The van der Waals surface area contributed by atoms with Crippen LogP contribution in [0.2, 0.25) is 5.02 Å². The van der Waals surface area contributed by atoms with Crippen molar-refractivity contribution in [2.24, 2.45) is 0 Å². The SMILES string of the molecule is COc1ccc(NC2=C(c3ccc(F)cc3)C(=O)N(Cc3ccco3)C2=O)cc1Cl. The monoisotopic (exact) mass is 426 g/mol. The number of ether oxygens (including phenoxy) is 1. The van der Waals surface area contributed by atoms with Gasteiger partial charge < -0.3 is 14.5 Å². The lowest BCUT2D eigenvalue weighted by molar-refractivity contribution is -0.137. The quantitative estimate of drug-likeness (QED) is 0.589. The molecule has 2 aromatic carbocycles. The van der Waals surface area contributed by atoms with Crippen molar-refractivity contribution >= 4 is 34.7 Å². The minimum Gasteiger partial charge on any atom is -0.495 e. The number of hydrogen-bond donors (Lipinski definition) is 1. The van der Waals surface area contributed by atoms with E-state index in [1.54, 1.807) is 30.3 Å². The molecule has 1 aromatic heterocycles. The summed E-state index contributed by atoms with van der Waals surface area (Å²) in [6, 6.07) is 13.6. The topological polar surface area (TPSA) is 71.8 Å². The second kappa shape index (κ2) is 8.04. The highest BCUT2D eigenvalue weighted by molar-refractivity contribution is 6.36. The third-order valence-electron chi connectivity index (χ3n) is 4.62. The van der Waals surface area contributed by atoms with Crippen LogP contribution < -0.4 is 10.1 Å². The number of carbonyl (C=O) groups excluding carboxylic acids is 2. The summed E-state index contributed by atoms with van der Waals surface area (Å²) in [7, 11) is 1.50. The van der Waals surface area contributed by atoms with Crippen LogP contribution in [0.3, 0.4) is 0 Å². The van der Waals surface area contributed by atoms with Crippen molar-refractivity contribution in [1.29, 1.82) is 0 Å². The first-order valence-electron chi connectivity index (χ1n) is 8.97. The van der Waals surface area contributed by atoms with E-state index in [1.165, 1.54) is 37.6 Å². The highest BCUT2D eigenvalue weighted by Gasteiger charge is 2.39. The molecule has 3 aromatic rings. The molecule has 8 heteroatoms. The summed E-state index contributed by atoms with van der Waals surface area (Å²) in [5, 5.41) is 3.33. The lowest BCUT2D eigenvalue weighted by Crippen LogP contribution is -2.31. The lowest BCUT2D eigenvalue weighted by atomic mass is 10.0. The summed E-state index contributed by atoms with van der Waals surface area (Å²) in [6.45, 7) is -0.0239. The van der Waals surface area contributed by atoms with Crippen molar-refractivity contribution < 1.29 is 23.1 Å². The summed E-state index contributed by atoms with van der Waals surface area (Å²) in [4.78, 5) is 27.3. The average molecular weight is 427 g/mol. The van der Waals surface area contributed by atoms with Gasteiger partial charge in [-0.05, 0) is 48.0 Å². The molecular weight excluding hydrogens is 411 g/mol. The van der Waals surface area contributed by atoms with E-state index in [1.807, 2.05) is 0 Å². The second-order valence-corrected chi connectivity index (χ2v) is 6.91. The maximum atomic E-state index is 13.4. The van der Waals surface area contributed by atoms with Gasteiger partial charge in [0.05, 0.1) is 30.5 Å². The molecule has 0 fully saturated rings. The first-order chi connectivity index (χ1) is 14.5. The van der Waals surface area contributed by atoms with Gasteiger partial charge in [0.15, 0.2) is 0 Å². The average Bonchev–Trinajstić information content (AvgIpc) is 3.32. The molecule has 152 valence electrons. The Morgan fingerprint density at radius 3 is 2.50 bits per heavy atom. The fraction of sp³-hybridized carbons (Fsp3) is 0.0909. The maximum absolute atomic E-state index is 13.4. The van der Waals surface area contributed by atoms with Crippen molar-refractivity contribution in [2.75, 3.05) is 12.4 Å². The number of anilines is 1. The van der Waals surface area contributed by atoms with Gasteiger partial charge in [-0.1, -0.05) is 23.7 Å². The number of amides is 2. The standard InChI is InChI=1S/C22H16ClFN2O4/c1-29-18-9-8-15(11-17(18)23)25-20-19(13-4-6-14(24)7-5-13)21(27)26(22(20)28)12-16-3-2-10-30-16/h2-11,25H,12H2,1H3. The number of halogens is 2. The van der Waals surface area contributed by atoms with E-state index in [4.69, 9.17) is 20.8 Å². The fourth-order valence-corrected chi connectivity index (χ4v) is 3.42. The van der Waals surface area contributed by atoms with E-state index >= 15 is 0 Å². The molecular formula is C22H16ClFN2O4. The Bertz CT molecular complexity index is 1140. The number of carbonyl (C=O) groups is 2. The molecule has 0 saturated heterocycles. The molecule has 1 aliphatic heterocycles. The molecule has 2 heterocycles. The van der Waals surface area contributed by atoms with Crippen LogP contribution in [0, 0.1) is 5.82 Å². The van der Waals surface area contributed by atoms with Gasteiger partial charge in [0.1, 0.15) is 23.0 Å². The summed E-state index contributed by atoms with van der Waals surface area (Å²) in [5.41, 5.74) is 1.12. The first kappa shape index (κ1) is 19.7. The van der Waals surface area contributed by atoms with Crippen molar-refractivity contribution in [3.63, 3.8) is 0 Å². The zero-order valence-corrected chi connectivity index (χ0v) is 16.6. The fourth-order valence-electron chi connectivity index (χ4n) is 3.17. The zero-order chi connectivity index (χ0) is 21.3. The van der Waals surface area contributed by atoms with Crippen molar-refractivity contribution in [1.82, 2.24) is 4.90 Å². The van der Waals surface area contributed by atoms with Crippen LogP contribution in [0.25, 0.3) is 5.57 Å². The molecule has 0 atom stereocenters. The summed E-state index contributed by atoms with van der Waals surface area (Å²) in [5.74, 6) is -0.542. The highest BCUT2D eigenvalue weighted by atomic mass is 35.5. The Hall–Kier alpha value is -3.58. The van der Waals surface area contributed by atoms with Crippen LogP contribution in [0.15, 0.2) is 71.0 Å². The van der Waals surface area contributed by atoms with Gasteiger partial charge in [0.2, 0.25) is 0 Å². The number of nitrogens with one attached hydrogen (secondary N) is 1. The highest BCUT2D eigenvalue weighted by Crippen LogP contribution is 2.33. The van der Waals surface area contributed by atoms with Gasteiger partial charge in [0, 0.05) is 5.69 Å². The van der Waals surface area contributed by atoms with Gasteiger partial charge in [-0.15, -0.1) is 0 Å². The van der Waals surface area contributed by atoms with E-state index in [2.05, 4.69) is 5.32 Å². The molecule has 0 saturated carbocycles. The number of nitrogens with zero attached hydrogens (tertiary/aromatic N) is 1. The third-order valence-corrected chi connectivity index (χ3v) is 4.91. The summed E-state index contributed by atoms with van der Waals surface area (Å²) < 4.78 is 23.8. The Morgan fingerprint density at radius 1 is 1.10 bits per heavy atom. The third kappa shape index (κ3) is 3.67. The molecule has 1 N–H and O–H groups in total. The van der Waals surface area contributed by atoms with Gasteiger partial charge in [-0.2, -0.15) is 0 Å².